The lowest BCUT2D eigenvalue weighted by atomic mass is 9.93. The fourth-order valence-electron chi connectivity index (χ4n) is 3.69. The van der Waals surface area contributed by atoms with Crippen molar-refractivity contribution in [1.29, 1.82) is 0 Å². The molecule has 2 N–H and O–H groups in total. The smallest absolute Gasteiger partial charge is 0.0728 e. The zero-order chi connectivity index (χ0) is 13.8. The van der Waals surface area contributed by atoms with E-state index in [1.807, 2.05) is 10.9 Å². The Labute approximate surface area is 121 Å². The lowest BCUT2D eigenvalue weighted by molar-refractivity contribution is 0.183. The molecule has 2 heterocycles. The number of hydrogen-bond acceptors (Lipinski definition) is 4. The summed E-state index contributed by atoms with van der Waals surface area (Å²) in [6, 6.07) is 1.32. The molecule has 20 heavy (non-hydrogen) atoms. The molecule has 0 spiro atoms. The third kappa shape index (κ3) is 3.15. The zero-order valence-corrected chi connectivity index (χ0v) is 12.3. The molecule has 5 nitrogen and oxygen atoms in total. The Balaban J connectivity index is 1.57. The molecule has 3 atom stereocenters. The standard InChI is InChI=1S/C15H26N4O/c1-20-9-8-19-11-12(10-17-19)18-15-5-2-4-13(15)14-6-3-7-16-14/h10-11,13-16,18H,2-9H2,1H3. The number of hydrogen-bond donors (Lipinski definition) is 2. The number of methoxy groups -OCH3 is 1. The summed E-state index contributed by atoms with van der Waals surface area (Å²) in [5, 5.41) is 11.7. The highest BCUT2D eigenvalue weighted by atomic mass is 16.5. The van der Waals surface area contributed by atoms with Crippen LogP contribution in [0.3, 0.4) is 0 Å². The van der Waals surface area contributed by atoms with Gasteiger partial charge in [0.05, 0.1) is 25.0 Å². The van der Waals surface area contributed by atoms with Crippen molar-refractivity contribution < 1.29 is 4.74 Å². The Morgan fingerprint density at radius 1 is 1.40 bits per heavy atom. The first-order valence-corrected chi connectivity index (χ1v) is 7.88. The van der Waals surface area contributed by atoms with E-state index in [2.05, 4.69) is 21.9 Å². The van der Waals surface area contributed by atoms with Crippen LogP contribution < -0.4 is 10.6 Å². The second kappa shape index (κ2) is 6.59. The fraction of sp³-hybridized carbons (Fsp3) is 0.800. The van der Waals surface area contributed by atoms with Crippen molar-refractivity contribution in [2.24, 2.45) is 5.92 Å². The largest absolute Gasteiger partial charge is 0.383 e. The summed E-state index contributed by atoms with van der Waals surface area (Å²) in [6.45, 7) is 2.72. The van der Waals surface area contributed by atoms with Crippen LogP contribution in [0.2, 0.25) is 0 Å². The molecule has 1 aromatic heterocycles. The highest BCUT2D eigenvalue weighted by Gasteiger charge is 2.34. The maximum atomic E-state index is 5.08. The molecule has 1 saturated carbocycles. The van der Waals surface area contributed by atoms with E-state index in [0.29, 0.717) is 12.6 Å². The van der Waals surface area contributed by atoms with Crippen LogP contribution in [-0.4, -0.2) is 42.1 Å². The second-order valence-electron chi connectivity index (χ2n) is 6.03. The van der Waals surface area contributed by atoms with Crippen molar-refractivity contribution >= 4 is 5.69 Å². The Morgan fingerprint density at radius 2 is 2.35 bits per heavy atom. The minimum absolute atomic E-state index is 0.602. The third-order valence-corrected chi connectivity index (χ3v) is 4.69. The van der Waals surface area contributed by atoms with E-state index in [-0.39, 0.29) is 0 Å². The maximum Gasteiger partial charge on any atom is 0.0728 e. The van der Waals surface area contributed by atoms with E-state index in [1.165, 1.54) is 38.6 Å². The Morgan fingerprint density at radius 3 is 3.15 bits per heavy atom. The van der Waals surface area contributed by atoms with Crippen molar-refractivity contribution in [2.75, 3.05) is 25.6 Å². The van der Waals surface area contributed by atoms with Gasteiger partial charge < -0.3 is 15.4 Å². The maximum absolute atomic E-state index is 5.08. The van der Waals surface area contributed by atoms with Gasteiger partial charge >= 0.3 is 0 Å². The fourth-order valence-corrected chi connectivity index (χ4v) is 3.69. The first-order chi connectivity index (χ1) is 9.86. The Hall–Kier alpha value is -1.07. The molecule has 1 saturated heterocycles. The minimum atomic E-state index is 0.602. The quantitative estimate of drug-likeness (QED) is 0.834. The van der Waals surface area contributed by atoms with Gasteiger partial charge in [0.2, 0.25) is 0 Å². The molecule has 0 aromatic carbocycles. The van der Waals surface area contributed by atoms with Crippen LogP contribution >= 0.6 is 0 Å². The van der Waals surface area contributed by atoms with Crippen molar-refractivity contribution in [3.63, 3.8) is 0 Å². The molecule has 0 bridgehead atoms. The molecular formula is C15H26N4O. The first kappa shape index (κ1) is 13.9. The monoisotopic (exact) mass is 278 g/mol. The van der Waals surface area contributed by atoms with Gasteiger partial charge in [0.15, 0.2) is 0 Å². The van der Waals surface area contributed by atoms with E-state index in [9.17, 15) is 0 Å². The van der Waals surface area contributed by atoms with Crippen LogP contribution in [0.5, 0.6) is 0 Å². The summed E-state index contributed by atoms with van der Waals surface area (Å²) < 4.78 is 7.03. The number of anilines is 1. The average Bonchev–Trinajstić information content (AvgIpc) is 3.18. The van der Waals surface area contributed by atoms with Crippen LogP contribution in [0.1, 0.15) is 32.1 Å². The van der Waals surface area contributed by atoms with Gasteiger partial charge in [-0.15, -0.1) is 0 Å². The molecule has 3 rings (SSSR count). The predicted octanol–water partition coefficient (Wildman–Crippen LogP) is 1.86. The minimum Gasteiger partial charge on any atom is -0.383 e. The third-order valence-electron chi connectivity index (χ3n) is 4.69. The molecule has 0 amide bonds. The number of rotatable bonds is 6. The van der Waals surface area contributed by atoms with Gasteiger partial charge in [-0.05, 0) is 38.1 Å². The van der Waals surface area contributed by atoms with Crippen LogP contribution in [0, 0.1) is 5.92 Å². The van der Waals surface area contributed by atoms with Crippen molar-refractivity contribution in [2.45, 2.75) is 50.7 Å². The topological polar surface area (TPSA) is 51.1 Å². The number of nitrogens with zero attached hydrogens (tertiary/aromatic N) is 2. The summed E-state index contributed by atoms with van der Waals surface area (Å²) in [6.07, 6.45) is 10.7. The summed E-state index contributed by atoms with van der Waals surface area (Å²) >= 11 is 0. The molecule has 1 aliphatic heterocycles. The summed E-state index contributed by atoms with van der Waals surface area (Å²) in [7, 11) is 1.72. The van der Waals surface area contributed by atoms with Crippen molar-refractivity contribution in [3.05, 3.63) is 12.4 Å². The molecule has 3 unspecified atom stereocenters. The lowest BCUT2D eigenvalue weighted by Crippen LogP contribution is -2.38. The van der Waals surface area contributed by atoms with Crippen LogP contribution in [0.4, 0.5) is 5.69 Å². The summed E-state index contributed by atoms with van der Waals surface area (Å²) in [4.78, 5) is 0. The lowest BCUT2D eigenvalue weighted by Gasteiger charge is -2.26. The van der Waals surface area contributed by atoms with Crippen LogP contribution in [-0.2, 0) is 11.3 Å². The van der Waals surface area contributed by atoms with E-state index < -0.39 is 0 Å². The highest BCUT2D eigenvalue weighted by Crippen LogP contribution is 2.33. The molecular weight excluding hydrogens is 252 g/mol. The van der Waals surface area contributed by atoms with Crippen molar-refractivity contribution in [3.8, 4) is 0 Å². The zero-order valence-electron chi connectivity index (χ0n) is 12.3. The van der Waals surface area contributed by atoms with Gasteiger partial charge in [0, 0.05) is 25.4 Å². The molecule has 0 radical (unpaired) electrons. The normalized spacial score (nSPS) is 29.9. The molecule has 1 aromatic rings. The molecule has 112 valence electrons. The van der Waals surface area contributed by atoms with Gasteiger partial charge in [-0.25, -0.2) is 0 Å². The number of nitrogens with one attached hydrogen (secondary N) is 2. The van der Waals surface area contributed by atoms with E-state index in [0.717, 1.165) is 24.2 Å². The average molecular weight is 278 g/mol. The summed E-state index contributed by atoms with van der Waals surface area (Å²) in [5.41, 5.74) is 1.15. The van der Waals surface area contributed by atoms with Gasteiger partial charge in [-0.1, -0.05) is 6.42 Å². The molecule has 2 fully saturated rings. The molecule has 2 aliphatic rings. The van der Waals surface area contributed by atoms with Gasteiger partial charge in [0.1, 0.15) is 0 Å². The van der Waals surface area contributed by atoms with Gasteiger partial charge in [-0.2, -0.15) is 5.10 Å². The van der Waals surface area contributed by atoms with E-state index in [4.69, 9.17) is 4.74 Å². The number of aromatic nitrogens is 2. The summed E-state index contributed by atoms with van der Waals surface area (Å²) in [5.74, 6) is 0.778. The van der Waals surface area contributed by atoms with Crippen LogP contribution in [0.15, 0.2) is 12.4 Å². The predicted molar refractivity (Wildman–Crippen MR) is 79.9 cm³/mol. The molecule has 1 aliphatic carbocycles. The highest BCUT2D eigenvalue weighted by molar-refractivity contribution is 5.40. The first-order valence-electron chi connectivity index (χ1n) is 7.88. The van der Waals surface area contributed by atoms with Gasteiger partial charge in [0.25, 0.3) is 0 Å². The van der Waals surface area contributed by atoms with Crippen LogP contribution in [0.25, 0.3) is 0 Å². The Kier molecular flexibility index (Phi) is 4.58. The SMILES string of the molecule is COCCn1cc(NC2CCCC2C2CCCN2)cn1. The van der Waals surface area contributed by atoms with Gasteiger partial charge in [-0.3, -0.25) is 4.68 Å². The molecule has 5 heteroatoms. The Bertz CT molecular complexity index is 414. The van der Waals surface area contributed by atoms with E-state index >= 15 is 0 Å². The van der Waals surface area contributed by atoms with E-state index in [1.54, 1.807) is 7.11 Å². The number of ether oxygens (including phenoxy) is 1. The second-order valence-corrected chi connectivity index (χ2v) is 6.03. The van der Waals surface area contributed by atoms with Crippen molar-refractivity contribution in [1.82, 2.24) is 15.1 Å².